The van der Waals surface area contributed by atoms with Crippen LogP contribution in [-0.2, 0) is 9.53 Å². The van der Waals surface area contributed by atoms with Crippen LogP contribution in [0.5, 0.6) is 0 Å². The molecule has 0 aliphatic heterocycles. The van der Waals surface area contributed by atoms with Gasteiger partial charge in [0.1, 0.15) is 0 Å². The first-order chi connectivity index (χ1) is 11.9. The summed E-state index contributed by atoms with van der Waals surface area (Å²) < 4.78 is 6.46. The average molecular weight is 344 g/mol. The highest BCUT2D eigenvalue weighted by Gasteiger charge is 2.60. The van der Waals surface area contributed by atoms with Crippen molar-refractivity contribution in [2.24, 2.45) is 34.3 Å². The second kappa shape index (κ2) is 5.34. The number of hydrogen-bond donors (Lipinski definition) is 1. The van der Waals surface area contributed by atoms with Crippen molar-refractivity contribution in [3.63, 3.8) is 0 Å². The maximum absolute atomic E-state index is 12.1. The Labute approximate surface area is 151 Å². The van der Waals surface area contributed by atoms with Crippen molar-refractivity contribution in [1.29, 1.82) is 0 Å². The Kier molecular flexibility index (Phi) is 3.49. The smallest absolute Gasteiger partial charge is 0.178 e. The molecule has 25 heavy (non-hydrogen) atoms. The standard InChI is InChI=1S/C22H33NO2/c1-21-12-10-18(24)20(23)17(21)6-5-14-15-7-8-19(25-13-3-4-13)22(15,2)11-9-16(14)21/h13-16,19H,3-12,23H2,1-2H3/t14-,15-,16-,19?,21+,22-/m0/s1. The van der Waals surface area contributed by atoms with Crippen molar-refractivity contribution in [3.8, 4) is 0 Å². The lowest BCUT2D eigenvalue weighted by molar-refractivity contribution is -0.120. The molecule has 4 saturated carbocycles. The summed E-state index contributed by atoms with van der Waals surface area (Å²) in [5.41, 5.74) is 8.77. The largest absolute Gasteiger partial charge is 0.396 e. The highest BCUT2D eigenvalue weighted by Crippen LogP contribution is 2.66. The number of Topliss-reactive ketones (excluding diaryl/α,β-unsaturated/α-hetero) is 1. The lowest BCUT2D eigenvalue weighted by atomic mass is 9.47. The Morgan fingerprint density at radius 2 is 1.76 bits per heavy atom. The fourth-order valence-corrected chi connectivity index (χ4v) is 7.37. The Balaban J connectivity index is 1.44. The first kappa shape index (κ1) is 16.4. The summed E-state index contributed by atoms with van der Waals surface area (Å²) in [7, 11) is 0. The van der Waals surface area contributed by atoms with E-state index in [2.05, 4.69) is 13.8 Å². The Hall–Kier alpha value is -0.830. The second-order valence-electron chi connectivity index (χ2n) is 10.1. The molecule has 6 atom stereocenters. The molecule has 2 N–H and O–H groups in total. The zero-order chi connectivity index (χ0) is 17.4. The average Bonchev–Trinajstić information content (AvgIpc) is 3.34. The van der Waals surface area contributed by atoms with Crippen molar-refractivity contribution in [2.45, 2.75) is 90.3 Å². The highest BCUT2D eigenvalue weighted by molar-refractivity contribution is 5.96. The van der Waals surface area contributed by atoms with Gasteiger partial charge in [0.2, 0.25) is 0 Å². The molecule has 3 nitrogen and oxygen atoms in total. The molecule has 5 rings (SSSR count). The summed E-state index contributed by atoms with van der Waals surface area (Å²) >= 11 is 0. The molecule has 138 valence electrons. The minimum Gasteiger partial charge on any atom is -0.396 e. The molecule has 4 fully saturated rings. The quantitative estimate of drug-likeness (QED) is 0.811. The fraction of sp³-hybridized carbons (Fsp3) is 0.864. The molecule has 0 spiro atoms. The van der Waals surface area contributed by atoms with E-state index in [1.807, 2.05) is 0 Å². The number of ether oxygens (including phenoxy) is 1. The van der Waals surface area contributed by atoms with Crippen LogP contribution in [0.25, 0.3) is 0 Å². The number of allylic oxidation sites excluding steroid dienone is 1. The first-order valence-corrected chi connectivity index (χ1v) is 10.6. The van der Waals surface area contributed by atoms with Crippen LogP contribution in [0, 0.1) is 28.6 Å². The van der Waals surface area contributed by atoms with Gasteiger partial charge in [0, 0.05) is 6.42 Å². The van der Waals surface area contributed by atoms with Gasteiger partial charge in [0.25, 0.3) is 0 Å². The topological polar surface area (TPSA) is 52.3 Å². The number of ketones is 1. The molecule has 0 aromatic rings. The minimum atomic E-state index is 0.178. The van der Waals surface area contributed by atoms with Gasteiger partial charge >= 0.3 is 0 Å². The van der Waals surface area contributed by atoms with E-state index in [4.69, 9.17) is 10.5 Å². The van der Waals surface area contributed by atoms with Gasteiger partial charge in [0.05, 0.1) is 17.9 Å². The molecule has 5 aliphatic rings. The molecular formula is C22H33NO2. The molecule has 1 unspecified atom stereocenters. The third-order valence-electron chi connectivity index (χ3n) is 8.96. The Bertz CT molecular complexity index is 636. The lowest BCUT2D eigenvalue weighted by Crippen LogP contribution is -2.52. The van der Waals surface area contributed by atoms with E-state index < -0.39 is 0 Å². The maximum Gasteiger partial charge on any atom is 0.178 e. The van der Waals surface area contributed by atoms with Crippen molar-refractivity contribution in [1.82, 2.24) is 0 Å². The Morgan fingerprint density at radius 1 is 0.960 bits per heavy atom. The second-order valence-corrected chi connectivity index (χ2v) is 10.1. The first-order valence-electron chi connectivity index (χ1n) is 10.6. The predicted molar refractivity (Wildman–Crippen MR) is 97.7 cm³/mol. The number of nitrogens with two attached hydrogens (primary N) is 1. The van der Waals surface area contributed by atoms with Crippen molar-refractivity contribution in [2.75, 3.05) is 0 Å². The van der Waals surface area contributed by atoms with Crippen LogP contribution in [0.3, 0.4) is 0 Å². The van der Waals surface area contributed by atoms with Crippen LogP contribution in [0.1, 0.15) is 78.1 Å². The number of rotatable bonds is 2. The number of hydrogen-bond acceptors (Lipinski definition) is 3. The van der Waals surface area contributed by atoms with Crippen LogP contribution < -0.4 is 5.73 Å². The van der Waals surface area contributed by atoms with Crippen molar-refractivity contribution >= 4 is 5.78 Å². The molecule has 0 amide bonds. The molecule has 0 aromatic carbocycles. The van der Waals surface area contributed by atoms with E-state index in [1.54, 1.807) is 0 Å². The van der Waals surface area contributed by atoms with E-state index >= 15 is 0 Å². The summed E-state index contributed by atoms with van der Waals surface area (Å²) in [6.45, 7) is 4.95. The van der Waals surface area contributed by atoms with Gasteiger partial charge in [-0.1, -0.05) is 13.8 Å². The van der Waals surface area contributed by atoms with Gasteiger partial charge < -0.3 is 10.5 Å². The molecule has 0 radical (unpaired) electrons. The number of carbonyl (C=O) groups is 1. The fourth-order valence-electron chi connectivity index (χ4n) is 7.37. The third kappa shape index (κ3) is 2.23. The molecule has 0 bridgehead atoms. The molecule has 0 aromatic heterocycles. The van der Waals surface area contributed by atoms with Gasteiger partial charge in [-0.2, -0.15) is 0 Å². The highest BCUT2D eigenvalue weighted by atomic mass is 16.5. The zero-order valence-corrected chi connectivity index (χ0v) is 15.9. The molecule has 0 saturated heterocycles. The van der Waals surface area contributed by atoms with E-state index in [0.29, 0.717) is 29.7 Å². The summed E-state index contributed by atoms with van der Waals surface area (Å²) in [5, 5.41) is 0. The summed E-state index contributed by atoms with van der Waals surface area (Å²) in [4.78, 5) is 12.1. The molecular weight excluding hydrogens is 310 g/mol. The predicted octanol–water partition coefficient (Wildman–Crippen LogP) is 4.35. The minimum absolute atomic E-state index is 0.178. The summed E-state index contributed by atoms with van der Waals surface area (Å²) in [6.07, 6.45) is 12.8. The van der Waals surface area contributed by atoms with Crippen LogP contribution in [0.4, 0.5) is 0 Å². The maximum atomic E-state index is 12.1. The third-order valence-corrected chi connectivity index (χ3v) is 8.96. The van der Waals surface area contributed by atoms with Gasteiger partial charge in [-0.15, -0.1) is 0 Å². The van der Waals surface area contributed by atoms with E-state index in [9.17, 15) is 4.79 Å². The van der Waals surface area contributed by atoms with Gasteiger partial charge in [-0.3, -0.25) is 4.79 Å². The van der Waals surface area contributed by atoms with E-state index in [0.717, 1.165) is 30.6 Å². The monoisotopic (exact) mass is 343 g/mol. The summed E-state index contributed by atoms with van der Waals surface area (Å²) in [5.74, 6) is 2.54. The van der Waals surface area contributed by atoms with Crippen LogP contribution in [-0.4, -0.2) is 18.0 Å². The molecule has 5 aliphatic carbocycles. The molecule has 3 heteroatoms. The normalized spacial score (nSPS) is 49.6. The van der Waals surface area contributed by atoms with Crippen LogP contribution in [0.2, 0.25) is 0 Å². The SMILES string of the molecule is C[C@]12CCC(=O)C(N)=C1CC[C@@H]1[C@@H]2CC[C@]2(C)C(OC3CC3)CC[C@@H]12. The van der Waals surface area contributed by atoms with Crippen molar-refractivity contribution in [3.05, 3.63) is 11.3 Å². The zero-order valence-electron chi connectivity index (χ0n) is 15.9. The van der Waals surface area contributed by atoms with Gasteiger partial charge in [-0.05, 0) is 91.9 Å². The van der Waals surface area contributed by atoms with Crippen molar-refractivity contribution < 1.29 is 9.53 Å². The number of carbonyl (C=O) groups excluding carboxylic acids is 1. The Morgan fingerprint density at radius 3 is 2.52 bits per heavy atom. The number of fused-ring (bicyclic) bond motifs is 5. The van der Waals surface area contributed by atoms with Crippen LogP contribution >= 0.6 is 0 Å². The van der Waals surface area contributed by atoms with Gasteiger partial charge in [0.15, 0.2) is 5.78 Å². The van der Waals surface area contributed by atoms with E-state index in [-0.39, 0.29) is 11.2 Å². The van der Waals surface area contributed by atoms with E-state index in [1.165, 1.54) is 50.5 Å². The summed E-state index contributed by atoms with van der Waals surface area (Å²) in [6, 6.07) is 0. The molecule has 0 heterocycles. The lowest BCUT2D eigenvalue weighted by Gasteiger charge is -2.58. The van der Waals surface area contributed by atoms with Gasteiger partial charge in [-0.25, -0.2) is 0 Å². The van der Waals surface area contributed by atoms with Crippen LogP contribution in [0.15, 0.2) is 11.3 Å².